The molecule has 2 aromatic carbocycles. The summed E-state index contributed by atoms with van der Waals surface area (Å²) in [6.07, 6.45) is 0.284. The number of nitriles is 1. The first-order valence-corrected chi connectivity index (χ1v) is 10.6. The number of hydrogen-bond acceptors (Lipinski definition) is 5. The lowest BCUT2D eigenvalue weighted by atomic mass is 10.1. The Hall–Kier alpha value is -3.11. The minimum Gasteiger partial charge on any atom is -0.344 e. The first-order valence-electron chi connectivity index (χ1n) is 9.74. The van der Waals surface area contributed by atoms with Gasteiger partial charge < -0.3 is 4.90 Å². The molecule has 6 nitrogen and oxygen atoms in total. The number of para-hydroxylation sites is 1. The van der Waals surface area contributed by atoms with E-state index >= 15 is 0 Å². The van der Waals surface area contributed by atoms with E-state index in [1.807, 2.05) is 49.4 Å². The molecular weight excluding hydrogens is 396 g/mol. The Morgan fingerprint density at radius 2 is 1.93 bits per heavy atom. The monoisotopic (exact) mass is 420 g/mol. The molecule has 0 aliphatic rings. The Morgan fingerprint density at radius 1 is 1.23 bits per heavy atom. The standard InChI is InChI=1S/C23H24N4O2S/c1-16-9-11-18(12-10-16)15-27-22(29)19-7-4-5-8-20(19)25-23(27)30-17(2)21(28)26(3)14-6-13-24/h4-5,7-12,17H,6,14-15H2,1-3H3/t17-/m1/s1. The van der Waals surface area contributed by atoms with Crippen LogP contribution in [0, 0.1) is 18.3 Å². The summed E-state index contributed by atoms with van der Waals surface area (Å²) in [6, 6.07) is 17.3. The summed E-state index contributed by atoms with van der Waals surface area (Å²) < 4.78 is 1.64. The number of benzene rings is 2. The lowest BCUT2D eigenvalue weighted by Crippen LogP contribution is -2.34. The summed E-state index contributed by atoms with van der Waals surface area (Å²) in [7, 11) is 1.68. The number of fused-ring (bicyclic) bond motifs is 1. The lowest BCUT2D eigenvalue weighted by Gasteiger charge is -2.21. The van der Waals surface area contributed by atoms with Crippen LogP contribution in [-0.2, 0) is 11.3 Å². The number of nitrogens with zero attached hydrogens (tertiary/aromatic N) is 4. The average molecular weight is 421 g/mol. The molecule has 0 spiro atoms. The molecule has 0 saturated carbocycles. The quantitative estimate of drug-likeness (QED) is 0.431. The number of hydrogen-bond donors (Lipinski definition) is 0. The minimum atomic E-state index is -0.439. The molecule has 0 unspecified atom stereocenters. The van der Waals surface area contributed by atoms with Crippen LogP contribution in [0.4, 0.5) is 0 Å². The maximum absolute atomic E-state index is 13.2. The van der Waals surface area contributed by atoms with E-state index < -0.39 is 5.25 Å². The summed E-state index contributed by atoms with van der Waals surface area (Å²) in [5.41, 5.74) is 2.63. The molecule has 0 N–H and O–H groups in total. The summed E-state index contributed by atoms with van der Waals surface area (Å²) >= 11 is 1.27. The van der Waals surface area contributed by atoms with Crippen molar-refractivity contribution in [3.8, 4) is 6.07 Å². The van der Waals surface area contributed by atoms with E-state index in [0.29, 0.717) is 29.1 Å². The molecule has 0 aliphatic carbocycles. The van der Waals surface area contributed by atoms with Crippen LogP contribution in [0.3, 0.4) is 0 Å². The molecular formula is C23H24N4O2S. The van der Waals surface area contributed by atoms with Gasteiger partial charge in [0.1, 0.15) is 0 Å². The third kappa shape index (κ3) is 4.89. The van der Waals surface area contributed by atoms with Gasteiger partial charge in [-0.1, -0.05) is 53.7 Å². The molecule has 1 atom stereocenters. The topological polar surface area (TPSA) is 79.0 Å². The zero-order chi connectivity index (χ0) is 21.7. The smallest absolute Gasteiger partial charge is 0.262 e. The van der Waals surface area contributed by atoms with Crippen LogP contribution in [0.2, 0.25) is 0 Å². The summed E-state index contributed by atoms with van der Waals surface area (Å²) in [4.78, 5) is 32.2. The average Bonchev–Trinajstić information content (AvgIpc) is 2.75. The minimum absolute atomic E-state index is 0.0976. The van der Waals surface area contributed by atoms with Crippen LogP contribution in [0.25, 0.3) is 10.9 Å². The highest BCUT2D eigenvalue weighted by Gasteiger charge is 2.22. The van der Waals surface area contributed by atoms with Gasteiger partial charge in [0.15, 0.2) is 5.16 Å². The SMILES string of the molecule is Cc1ccc(Cn2c(S[C@H](C)C(=O)N(C)CCC#N)nc3ccccc3c2=O)cc1. The molecule has 1 heterocycles. The number of aromatic nitrogens is 2. The number of rotatable bonds is 7. The molecule has 1 amide bonds. The van der Waals surface area contributed by atoms with Gasteiger partial charge in [0.05, 0.1) is 35.2 Å². The van der Waals surface area contributed by atoms with E-state index in [4.69, 9.17) is 10.2 Å². The van der Waals surface area contributed by atoms with Crippen LogP contribution in [0.15, 0.2) is 58.5 Å². The Labute approximate surface area is 180 Å². The van der Waals surface area contributed by atoms with Gasteiger partial charge in [0.25, 0.3) is 5.56 Å². The third-order valence-electron chi connectivity index (χ3n) is 4.85. The summed E-state index contributed by atoms with van der Waals surface area (Å²) in [6.45, 7) is 4.57. The van der Waals surface area contributed by atoms with Crippen molar-refractivity contribution in [1.82, 2.24) is 14.5 Å². The largest absolute Gasteiger partial charge is 0.344 e. The first-order chi connectivity index (χ1) is 14.4. The first kappa shape index (κ1) is 21.6. The molecule has 0 aliphatic heterocycles. The molecule has 7 heteroatoms. The zero-order valence-corrected chi connectivity index (χ0v) is 18.1. The zero-order valence-electron chi connectivity index (χ0n) is 17.3. The molecule has 0 radical (unpaired) electrons. The normalized spacial score (nSPS) is 11.8. The van der Waals surface area contributed by atoms with Gasteiger partial charge >= 0.3 is 0 Å². The van der Waals surface area contributed by atoms with Crippen LogP contribution < -0.4 is 5.56 Å². The molecule has 0 saturated heterocycles. The fourth-order valence-corrected chi connectivity index (χ4v) is 4.12. The van der Waals surface area contributed by atoms with Crippen molar-refractivity contribution in [2.45, 2.75) is 37.2 Å². The third-order valence-corrected chi connectivity index (χ3v) is 5.93. The Morgan fingerprint density at radius 3 is 2.63 bits per heavy atom. The number of aryl methyl sites for hydroxylation is 1. The highest BCUT2D eigenvalue weighted by atomic mass is 32.2. The molecule has 0 bridgehead atoms. The Balaban J connectivity index is 1.97. The highest BCUT2D eigenvalue weighted by Crippen LogP contribution is 2.24. The number of carbonyl (C=O) groups is 1. The molecule has 154 valence electrons. The fourth-order valence-electron chi connectivity index (χ4n) is 3.10. The van der Waals surface area contributed by atoms with E-state index in [0.717, 1.165) is 11.1 Å². The van der Waals surface area contributed by atoms with E-state index in [1.54, 1.807) is 29.5 Å². The van der Waals surface area contributed by atoms with Gasteiger partial charge in [0.2, 0.25) is 5.91 Å². The molecule has 1 aromatic heterocycles. The van der Waals surface area contributed by atoms with E-state index in [1.165, 1.54) is 11.8 Å². The lowest BCUT2D eigenvalue weighted by molar-refractivity contribution is -0.128. The second kappa shape index (κ2) is 9.59. The second-order valence-electron chi connectivity index (χ2n) is 7.22. The van der Waals surface area contributed by atoms with Gasteiger partial charge in [-0.3, -0.25) is 14.2 Å². The molecule has 30 heavy (non-hydrogen) atoms. The van der Waals surface area contributed by atoms with E-state index in [2.05, 4.69) is 6.07 Å². The predicted octanol–water partition coefficient (Wildman–Crippen LogP) is 3.61. The van der Waals surface area contributed by atoms with Crippen LogP contribution >= 0.6 is 11.8 Å². The Kier molecular flexibility index (Phi) is 6.91. The van der Waals surface area contributed by atoms with E-state index in [9.17, 15) is 9.59 Å². The number of thioether (sulfide) groups is 1. The summed E-state index contributed by atoms with van der Waals surface area (Å²) in [5, 5.41) is 9.38. The van der Waals surface area contributed by atoms with Crippen LogP contribution in [0.1, 0.15) is 24.5 Å². The van der Waals surface area contributed by atoms with Gasteiger partial charge in [-0.15, -0.1) is 0 Å². The van der Waals surface area contributed by atoms with Gasteiger partial charge in [0, 0.05) is 13.6 Å². The van der Waals surface area contributed by atoms with Crippen molar-refractivity contribution in [3.63, 3.8) is 0 Å². The van der Waals surface area contributed by atoms with Crippen LogP contribution in [-0.4, -0.2) is 39.2 Å². The second-order valence-corrected chi connectivity index (χ2v) is 8.52. The van der Waals surface area contributed by atoms with Gasteiger partial charge in [-0.25, -0.2) is 4.98 Å². The highest BCUT2D eigenvalue weighted by molar-refractivity contribution is 8.00. The van der Waals surface area contributed by atoms with E-state index in [-0.39, 0.29) is 17.9 Å². The maximum Gasteiger partial charge on any atom is 0.262 e. The van der Waals surface area contributed by atoms with Crippen molar-refractivity contribution in [2.75, 3.05) is 13.6 Å². The number of amides is 1. The summed E-state index contributed by atoms with van der Waals surface area (Å²) in [5.74, 6) is -0.0976. The van der Waals surface area contributed by atoms with Crippen molar-refractivity contribution < 1.29 is 4.79 Å². The van der Waals surface area contributed by atoms with Gasteiger partial charge in [-0.2, -0.15) is 5.26 Å². The fraction of sp³-hybridized carbons (Fsp3) is 0.304. The maximum atomic E-state index is 13.2. The Bertz CT molecular complexity index is 1150. The molecule has 3 aromatic rings. The van der Waals surface area contributed by atoms with Crippen molar-refractivity contribution in [2.24, 2.45) is 0 Å². The molecule has 3 rings (SSSR count). The van der Waals surface area contributed by atoms with Crippen molar-refractivity contribution >= 4 is 28.6 Å². The van der Waals surface area contributed by atoms with Crippen molar-refractivity contribution in [3.05, 3.63) is 70.0 Å². The predicted molar refractivity (Wildman–Crippen MR) is 119 cm³/mol. The van der Waals surface area contributed by atoms with Crippen LogP contribution in [0.5, 0.6) is 0 Å². The molecule has 0 fully saturated rings. The van der Waals surface area contributed by atoms with Crippen molar-refractivity contribution in [1.29, 1.82) is 5.26 Å². The number of carbonyl (C=O) groups excluding carboxylic acids is 1. The van der Waals surface area contributed by atoms with Gasteiger partial charge in [-0.05, 0) is 31.5 Å².